The smallest absolute Gasteiger partial charge is 0.486 e. The number of carbonyl (C=O) groups is 8. The Kier molecular flexibility index (Phi) is 48.7. The maximum absolute atomic E-state index is 12.0. The minimum Gasteiger partial charge on any atom is -0.507 e. The Morgan fingerprint density at radius 2 is 0.832 bits per heavy atom. The normalized spacial score (nSPS) is 10.2. The summed E-state index contributed by atoms with van der Waals surface area (Å²) in [6, 6.07) is 53.8. The van der Waals surface area contributed by atoms with Gasteiger partial charge in [0.15, 0.2) is 29.7 Å². The van der Waals surface area contributed by atoms with Crippen LogP contribution in [0.4, 0.5) is 0 Å². The zero-order valence-corrected chi connectivity index (χ0v) is 65.1. The number of Topliss-reactive ketones (excluding diaryl/α,β-unsaturated/α-hetero) is 3. The van der Waals surface area contributed by atoms with E-state index in [-0.39, 0.29) is 116 Å². The van der Waals surface area contributed by atoms with E-state index >= 15 is 0 Å². The lowest BCUT2D eigenvalue weighted by Crippen LogP contribution is -2.24. The van der Waals surface area contributed by atoms with Crippen molar-refractivity contribution >= 4 is 69.8 Å². The minimum absolute atomic E-state index is 0.0333. The van der Waals surface area contributed by atoms with E-state index in [1.165, 1.54) is 80.8 Å². The van der Waals surface area contributed by atoms with E-state index < -0.39 is 29.4 Å². The largest absolute Gasteiger partial charge is 0.507 e. The zero-order chi connectivity index (χ0) is 83.7. The van der Waals surface area contributed by atoms with Crippen molar-refractivity contribution in [2.45, 2.75) is 132 Å². The van der Waals surface area contributed by atoms with Gasteiger partial charge in [-0.25, -0.2) is 14.4 Å². The summed E-state index contributed by atoms with van der Waals surface area (Å²) in [4.78, 5) is 112. The number of fused-ring (bicyclic) bond motifs is 1. The predicted molar refractivity (Wildman–Crippen MR) is 434 cm³/mol. The first-order chi connectivity index (χ1) is 54.3. The number of benzene rings is 8. The standard InChI is InChI=1S/2C14H18O4.C13H10O3.C13H16O3.C11H14O3.C9H6O2.C8H8O2.C8H14O2/c1-3-4-9-18-14(17)10(2)13(16)11-7-5-6-8-12(11)15;1-2-3-10-18-14(17)9-8-13(16)11-6-4-5-7-12(11)15;14-11-7-3-1-5-9(11)13(16)10-6-2-4-8-12(10)15;1-2-3-10-16-13(15)9-8-11-6-4-5-7-12(11)14;1-2-3-8-14-11(13)9-6-4-5-7-10(9)12;10-9-8-4-2-1-3-7(8)5-6-11-9;1-6(9)7-4-2-3-5-8(7)10;1-3-5-7-10-8(9)6-4-2/h5-8,10,15H,3-4,9H2,1-2H3;4-7,15H,2-3,8-10H2,1H3;1-8,14-15H;4-9,14H,2-3,10H2,1H3;4-7,12H,2-3,8H2,1H3;1-6H;2-5,10H,1H3;4H,2-3,5-7H2,1H3/p+1/b;;;9-8-;;;;. The van der Waals surface area contributed by atoms with Crippen LogP contribution in [0.1, 0.15) is 195 Å². The lowest BCUT2D eigenvalue weighted by atomic mass is 9.99. The van der Waals surface area contributed by atoms with Crippen molar-refractivity contribution < 1.29 is 107 Å². The van der Waals surface area contributed by atoms with Crippen LogP contribution >= 0.6 is 0 Å². The van der Waals surface area contributed by atoms with Gasteiger partial charge in [-0.2, -0.15) is 0 Å². The molecule has 23 heteroatoms. The van der Waals surface area contributed by atoms with Gasteiger partial charge in [-0.15, -0.1) is 6.58 Å². The molecule has 1 unspecified atom stereocenters. The van der Waals surface area contributed by atoms with Gasteiger partial charge in [0.05, 0.1) is 72.3 Å². The van der Waals surface area contributed by atoms with Crippen LogP contribution in [-0.2, 0) is 38.1 Å². The molecule has 0 aliphatic heterocycles. The molecule has 0 aliphatic rings. The van der Waals surface area contributed by atoms with E-state index in [2.05, 4.69) is 17.9 Å². The predicted octanol–water partition coefficient (Wildman–Crippen LogP) is 17.9. The Morgan fingerprint density at radius 3 is 1.27 bits per heavy atom. The number of aromatic hydroxyl groups is 7. The van der Waals surface area contributed by atoms with Crippen LogP contribution in [0.25, 0.3) is 16.8 Å². The topological polar surface area (TPSA) is 376 Å². The van der Waals surface area contributed by atoms with Crippen LogP contribution < -0.4 is 5.63 Å². The van der Waals surface area contributed by atoms with E-state index in [9.17, 15) is 73.8 Å². The number of carbonyl (C=O) groups excluding carboxylic acids is 9. The molecule has 0 bridgehead atoms. The Hall–Kier alpha value is -12.9. The molecule has 113 heavy (non-hydrogen) atoms. The van der Waals surface area contributed by atoms with Gasteiger partial charge in [-0.1, -0.05) is 182 Å². The van der Waals surface area contributed by atoms with E-state index in [0.717, 1.165) is 69.6 Å². The molecule has 1 heterocycles. The molecule has 0 aliphatic carbocycles. The fourth-order valence-electron chi connectivity index (χ4n) is 8.94. The van der Waals surface area contributed by atoms with Crippen molar-refractivity contribution in [3.05, 3.63) is 275 Å². The van der Waals surface area contributed by atoms with Gasteiger partial charge in [0, 0.05) is 24.5 Å². The Bertz CT molecular complexity index is 4440. The summed E-state index contributed by atoms with van der Waals surface area (Å²) in [5.41, 5.74) is 1.70. The summed E-state index contributed by atoms with van der Waals surface area (Å²) in [5, 5.41) is 67.5. The van der Waals surface area contributed by atoms with Crippen molar-refractivity contribution in [1.29, 1.82) is 0 Å². The second-order valence-corrected chi connectivity index (χ2v) is 24.4. The molecule has 0 fully saturated rings. The van der Waals surface area contributed by atoms with Crippen molar-refractivity contribution in [3.8, 4) is 40.2 Å². The molecule has 8 N–H and O–H groups in total. The molecule has 1 atom stereocenters. The Balaban J connectivity index is 0.000000442. The van der Waals surface area contributed by atoms with E-state index in [4.69, 9.17) is 33.6 Å². The number of ketones is 4. The summed E-state index contributed by atoms with van der Waals surface area (Å²) < 4.78 is 29.4. The van der Waals surface area contributed by atoms with E-state index in [0.29, 0.717) is 56.0 Å². The van der Waals surface area contributed by atoms with Gasteiger partial charge < -0.3 is 68.6 Å². The SMILES string of the molecule is C=CCC(=[OH+])OCCCC.CC(=O)c1ccccc1O.CCCCOC(=O)/C=C\c1ccccc1O.CCCCOC(=O)C(C)C(=O)c1ccccc1O.CCCCOC(=O)CCC(=O)c1ccccc1O.CCCCOC(=O)c1ccccc1O.O=C(c1ccccc1O)c1ccccc1O.O=c1occc2ccccc12. The first kappa shape index (κ1) is 96.2. The molecule has 0 spiro atoms. The van der Waals surface area contributed by atoms with Crippen molar-refractivity contribution in [2.24, 2.45) is 5.92 Å². The number of para-hydroxylation sites is 7. The van der Waals surface area contributed by atoms with Gasteiger partial charge in [-0.05, 0) is 142 Å². The van der Waals surface area contributed by atoms with Crippen LogP contribution in [0.2, 0.25) is 0 Å². The van der Waals surface area contributed by atoms with Crippen LogP contribution in [-0.4, -0.2) is 127 Å². The maximum Gasteiger partial charge on any atom is 0.486 e. The number of phenolic OH excluding ortho intramolecular Hbond substituents is 7. The van der Waals surface area contributed by atoms with Crippen LogP contribution in [0, 0.1) is 5.92 Å². The third kappa shape index (κ3) is 38.8. The molecule has 9 rings (SSSR count). The lowest BCUT2D eigenvalue weighted by molar-refractivity contribution is -0.146. The molecule has 0 saturated heterocycles. The highest BCUT2D eigenvalue weighted by Gasteiger charge is 2.26. The van der Waals surface area contributed by atoms with Crippen molar-refractivity contribution in [3.63, 3.8) is 0 Å². The molecule has 0 amide bonds. The second kappa shape index (κ2) is 57.2. The summed E-state index contributed by atoms with van der Waals surface area (Å²) in [5.74, 6) is -3.92. The summed E-state index contributed by atoms with van der Waals surface area (Å²) >= 11 is 0. The molecule has 9 aromatic rings. The average Bonchev–Trinajstić information content (AvgIpc) is 0.844. The maximum atomic E-state index is 12.0. The quantitative estimate of drug-likeness (QED) is 0.00321. The number of esters is 5. The molecule has 0 radical (unpaired) electrons. The molecule has 0 saturated carbocycles. The summed E-state index contributed by atoms with van der Waals surface area (Å²) in [7, 11) is 0. The highest BCUT2D eigenvalue weighted by molar-refractivity contribution is 6.12. The van der Waals surface area contributed by atoms with Crippen molar-refractivity contribution in [1.82, 2.24) is 0 Å². The molecule has 602 valence electrons. The number of ether oxygens (including phenoxy) is 5. The van der Waals surface area contributed by atoms with Crippen LogP contribution in [0.5, 0.6) is 40.2 Å². The molecule has 8 aromatic carbocycles. The van der Waals surface area contributed by atoms with E-state index in [1.807, 2.05) is 45.9 Å². The highest BCUT2D eigenvalue weighted by Crippen LogP contribution is 2.26. The van der Waals surface area contributed by atoms with Gasteiger partial charge >= 0.3 is 35.5 Å². The average molecular weight is 1550 g/mol. The van der Waals surface area contributed by atoms with E-state index in [1.54, 1.807) is 140 Å². The fraction of sp³-hybridized carbons (Fsp3) is 0.289. The summed E-state index contributed by atoms with van der Waals surface area (Å²) in [6.45, 7) is 18.7. The van der Waals surface area contributed by atoms with Gasteiger partial charge in [0.25, 0.3) is 0 Å². The zero-order valence-electron chi connectivity index (χ0n) is 65.1. The van der Waals surface area contributed by atoms with Crippen molar-refractivity contribution in [2.75, 3.05) is 33.0 Å². The number of phenols is 7. The number of hydrogen-bond donors (Lipinski definition) is 7. The number of hydrogen-bond acceptors (Lipinski definition) is 22. The van der Waals surface area contributed by atoms with Gasteiger partial charge in [0.1, 0.15) is 58.1 Å². The molecular formula is C90H105O23+. The number of rotatable bonds is 30. The monoisotopic (exact) mass is 1550 g/mol. The first-order valence-corrected chi connectivity index (χ1v) is 37.0. The van der Waals surface area contributed by atoms with Crippen LogP contribution in [0.3, 0.4) is 0 Å². The molecule has 1 aromatic heterocycles. The van der Waals surface area contributed by atoms with Crippen LogP contribution in [0.15, 0.2) is 234 Å². The molecular weight excluding hydrogens is 1450 g/mol. The minimum atomic E-state index is -0.893. The fourth-order valence-corrected chi connectivity index (χ4v) is 8.94. The van der Waals surface area contributed by atoms with Gasteiger partial charge in [0.2, 0.25) is 0 Å². The Morgan fingerprint density at radius 1 is 0.442 bits per heavy atom. The number of unbranched alkanes of at least 4 members (excludes halogenated alkanes) is 5. The second-order valence-electron chi connectivity index (χ2n) is 24.4. The highest BCUT2D eigenvalue weighted by atomic mass is 16.5. The third-order valence-corrected chi connectivity index (χ3v) is 15.4. The first-order valence-electron chi connectivity index (χ1n) is 37.0. The lowest BCUT2D eigenvalue weighted by Gasteiger charge is -2.11. The Labute approximate surface area is 659 Å². The third-order valence-electron chi connectivity index (χ3n) is 15.4. The van der Waals surface area contributed by atoms with Gasteiger partial charge in [-0.3, -0.25) is 28.8 Å². The summed E-state index contributed by atoms with van der Waals surface area (Å²) in [6.07, 6.45) is 15.7. The molecule has 23 nitrogen and oxygen atoms in total.